The molecule has 1 aromatic carbocycles. The molecule has 20 heavy (non-hydrogen) atoms. The van der Waals surface area contributed by atoms with Crippen molar-refractivity contribution in [3.63, 3.8) is 0 Å². The average molecular weight is 312 g/mol. The molecule has 106 valence electrons. The third-order valence-electron chi connectivity index (χ3n) is 3.30. The Labute approximate surface area is 127 Å². The van der Waals surface area contributed by atoms with Crippen LogP contribution in [-0.4, -0.2) is 33.2 Å². The molecule has 0 saturated carbocycles. The lowest BCUT2D eigenvalue weighted by molar-refractivity contribution is 0.0913. The minimum atomic E-state index is -0.586. The van der Waals surface area contributed by atoms with Crippen molar-refractivity contribution in [2.24, 2.45) is 0 Å². The third-order valence-corrected chi connectivity index (χ3v) is 4.32. The molecule has 0 fully saturated rings. The van der Waals surface area contributed by atoms with E-state index in [2.05, 4.69) is 15.3 Å². The van der Waals surface area contributed by atoms with Gasteiger partial charge in [-0.15, -0.1) is 23.2 Å². The summed E-state index contributed by atoms with van der Waals surface area (Å²) < 4.78 is 0. The van der Waals surface area contributed by atoms with Crippen molar-refractivity contribution in [3.05, 3.63) is 36.2 Å². The van der Waals surface area contributed by atoms with Gasteiger partial charge in [0.2, 0.25) is 0 Å². The standard InChI is InChI=1S/C14H15Cl2N3O/c1-2-14(8-15,9-16)19-13(20)10-3-4-11-12(7-10)18-6-5-17-11/h3-7H,2,8-9H2,1H3,(H,19,20). The van der Waals surface area contributed by atoms with E-state index in [0.29, 0.717) is 17.5 Å². The van der Waals surface area contributed by atoms with Crippen molar-refractivity contribution < 1.29 is 4.79 Å². The molecule has 0 radical (unpaired) electrons. The fourth-order valence-corrected chi connectivity index (χ4v) is 2.59. The lowest BCUT2D eigenvalue weighted by Crippen LogP contribution is -2.51. The van der Waals surface area contributed by atoms with Gasteiger partial charge in [0.15, 0.2) is 0 Å². The number of hydrogen-bond donors (Lipinski definition) is 1. The molecule has 0 spiro atoms. The Morgan fingerprint density at radius 2 is 1.85 bits per heavy atom. The quantitative estimate of drug-likeness (QED) is 0.864. The summed E-state index contributed by atoms with van der Waals surface area (Å²) in [6.07, 6.45) is 3.88. The smallest absolute Gasteiger partial charge is 0.251 e. The molecular formula is C14H15Cl2N3O. The highest BCUT2D eigenvalue weighted by molar-refractivity contribution is 6.22. The van der Waals surface area contributed by atoms with Gasteiger partial charge in [-0.25, -0.2) is 0 Å². The van der Waals surface area contributed by atoms with Gasteiger partial charge in [0.25, 0.3) is 5.91 Å². The summed E-state index contributed by atoms with van der Waals surface area (Å²) in [6, 6.07) is 5.20. The van der Waals surface area contributed by atoms with Gasteiger partial charge in [-0.05, 0) is 24.6 Å². The number of fused-ring (bicyclic) bond motifs is 1. The van der Waals surface area contributed by atoms with Gasteiger partial charge < -0.3 is 5.32 Å². The Morgan fingerprint density at radius 3 is 2.45 bits per heavy atom. The Morgan fingerprint density at radius 1 is 1.20 bits per heavy atom. The monoisotopic (exact) mass is 311 g/mol. The van der Waals surface area contributed by atoms with Gasteiger partial charge in [0.05, 0.1) is 16.6 Å². The van der Waals surface area contributed by atoms with Gasteiger partial charge >= 0.3 is 0 Å². The van der Waals surface area contributed by atoms with Crippen molar-refractivity contribution in [2.75, 3.05) is 11.8 Å². The van der Waals surface area contributed by atoms with Crippen LogP contribution in [0.25, 0.3) is 11.0 Å². The number of hydrogen-bond acceptors (Lipinski definition) is 3. The molecule has 0 bridgehead atoms. The number of carbonyl (C=O) groups is 1. The summed E-state index contributed by atoms with van der Waals surface area (Å²) in [5, 5.41) is 2.91. The fraction of sp³-hybridized carbons (Fsp3) is 0.357. The lowest BCUT2D eigenvalue weighted by Gasteiger charge is -2.29. The molecule has 0 atom stereocenters. The van der Waals surface area contributed by atoms with E-state index in [1.54, 1.807) is 30.6 Å². The number of benzene rings is 1. The summed E-state index contributed by atoms with van der Waals surface area (Å²) >= 11 is 11.9. The maximum Gasteiger partial charge on any atom is 0.251 e. The van der Waals surface area contributed by atoms with E-state index in [-0.39, 0.29) is 17.7 Å². The molecular weight excluding hydrogens is 297 g/mol. The number of amides is 1. The van der Waals surface area contributed by atoms with Gasteiger partial charge in [0, 0.05) is 29.7 Å². The molecule has 1 amide bonds. The number of alkyl halides is 2. The molecule has 0 aliphatic rings. The molecule has 0 saturated heterocycles. The van der Waals surface area contributed by atoms with E-state index in [0.717, 1.165) is 5.52 Å². The molecule has 2 aromatic rings. The van der Waals surface area contributed by atoms with Crippen LogP contribution in [0.3, 0.4) is 0 Å². The van der Waals surface area contributed by atoms with E-state index in [4.69, 9.17) is 23.2 Å². The predicted octanol–water partition coefficient (Wildman–Crippen LogP) is 2.99. The summed E-state index contributed by atoms with van der Waals surface area (Å²) in [5.74, 6) is 0.332. The van der Waals surface area contributed by atoms with Crippen LogP contribution in [0, 0.1) is 0 Å². The maximum atomic E-state index is 12.3. The molecule has 1 aromatic heterocycles. The van der Waals surface area contributed by atoms with Crippen molar-refractivity contribution in [1.82, 2.24) is 15.3 Å². The zero-order chi connectivity index (χ0) is 14.6. The Balaban J connectivity index is 2.27. The number of carbonyl (C=O) groups excluding carboxylic acids is 1. The number of nitrogens with zero attached hydrogens (tertiary/aromatic N) is 2. The van der Waals surface area contributed by atoms with Crippen molar-refractivity contribution in [3.8, 4) is 0 Å². The average Bonchev–Trinajstić information content (AvgIpc) is 2.52. The summed E-state index contributed by atoms with van der Waals surface area (Å²) in [4.78, 5) is 20.7. The SMILES string of the molecule is CCC(CCl)(CCl)NC(=O)c1ccc2nccnc2c1. The number of nitrogens with one attached hydrogen (secondary N) is 1. The molecule has 1 N–H and O–H groups in total. The van der Waals surface area contributed by atoms with E-state index in [9.17, 15) is 4.79 Å². The van der Waals surface area contributed by atoms with Crippen molar-refractivity contribution >= 4 is 40.1 Å². The molecule has 6 heteroatoms. The maximum absolute atomic E-state index is 12.3. The minimum absolute atomic E-state index is 0.208. The van der Waals surface area contributed by atoms with Crippen LogP contribution >= 0.6 is 23.2 Å². The highest BCUT2D eigenvalue weighted by atomic mass is 35.5. The molecule has 4 nitrogen and oxygen atoms in total. The van der Waals surface area contributed by atoms with Crippen LogP contribution in [0.1, 0.15) is 23.7 Å². The number of halogens is 2. The van der Waals surface area contributed by atoms with Crippen LogP contribution in [0.15, 0.2) is 30.6 Å². The predicted molar refractivity (Wildman–Crippen MR) is 81.5 cm³/mol. The minimum Gasteiger partial charge on any atom is -0.344 e. The first-order valence-corrected chi connectivity index (χ1v) is 7.36. The molecule has 2 rings (SSSR count). The number of aromatic nitrogens is 2. The Hall–Kier alpha value is -1.39. The van der Waals surface area contributed by atoms with Crippen LogP contribution in [0.5, 0.6) is 0 Å². The molecule has 0 unspecified atom stereocenters. The summed E-state index contributed by atoms with van der Waals surface area (Å²) in [7, 11) is 0. The van der Waals surface area contributed by atoms with Crippen molar-refractivity contribution in [2.45, 2.75) is 18.9 Å². The third kappa shape index (κ3) is 3.02. The first kappa shape index (κ1) is 15.0. The second-order valence-corrected chi connectivity index (χ2v) is 5.15. The van der Waals surface area contributed by atoms with Crippen LogP contribution < -0.4 is 5.32 Å². The van der Waals surface area contributed by atoms with Crippen LogP contribution in [0.2, 0.25) is 0 Å². The van der Waals surface area contributed by atoms with Crippen LogP contribution in [0.4, 0.5) is 0 Å². The van der Waals surface area contributed by atoms with Gasteiger partial charge in [-0.2, -0.15) is 0 Å². The van der Waals surface area contributed by atoms with Crippen molar-refractivity contribution in [1.29, 1.82) is 0 Å². The highest BCUT2D eigenvalue weighted by Crippen LogP contribution is 2.17. The zero-order valence-corrected chi connectivity index (χ0v) is 12.6. The summed E-state index contributed by atoms with van der Waals surface area (Å²) in [6.45, 7) is 1.94. The van der Waals surface area contributed by atoms with E-state index in [1.165, 1.54) is 0 Å². The van der Waals surface area contributed by atoms with Gasteiger partial charge in [-0.1, -0.05) is 6.92 Å². The van der Waals surface area contributed by atoms with E-state index < -0.39 is 5.54 Å². The highest BCUT2D eigenvalue weighted by Gasteiger charge is 2.28. The molecule has 0 aliphatic heterocycles. The fourth-order valence-electron chi connectivity index (χ4n) is 1.80. The van der Waals surface area contributed by atoms with Crippen LogP contribution in [-0.2, 0) is 0 Å². The summed E-state index contributed by atoms with van der Waals surface area (Å²) in [5.41, 5.74) is 1.36. The zero-order valence-electron chi connectivity index (χ0n) is 11.1. The topological polar surface area (TPSA) is 54.9 Å². The Bertz CT molecular complexity index is 606. The molecule has 0 aliphatic carbocycles. The van der Waals surface area contributed by atoms with E-state index in [1.807, 2.05) is 6.92 Å². The Kier molecular flexibility index (Phi) is 4.78. The first-order chi connectivity index (χ1) is 9.64. The molecule has 1 heterocycles. The largest absolute Gasteiger partial charge is 0.344 e. The van der Waals surface area contributed by atoms with Gasteiger partial charge in [-0.3, -0.25) is 14.8 Å². The normalized spacial score (nSPS) is 11.6. The lowest BCUT2D eigenvalue weighted by atomic mass is 10.0. The first-order valence-electron chi connectivity index (χ1n) is 6.29. The second kappa shape index (κ2) is 6.37. The van der Waals surface area contributed by atoms with E-state index >= 15 is 0 Å². The number of rotatable bonds is 5. The van der Waals surface area contributed by atoms with Gasteiger partial charge in [0.1, 0.15) is 0 Å². The second-order valence-electron chi connectivity index (χ2n) is 4.62.